The molecule has 108 valence electrons. The van der Waals surface area contributed by atoms with Crippen LogP contribution in [-0.4, -0.2) is 23.4 Å². The summed E-state index contributed by atoms with van der Waals surface area (Å²) < 4.78 is 3.19. The van der Waals surface area contributed by atoms with Crippen LogP contribution in [-0.2, 0) is 19.9 Å². The highest BCUT2D eigenvalue weighted by atomic mass is 79.9. The van der Waals surface area contributed by atoms with Crippen LogP contribution in [0.15, 0.2) is 34.8 Å². The molecular weight excluding hydrogens is 314 g/mol. The van der Waals surface area contributed by atoms with Gasteiger partial charge in [-0.25, -0.2) is 0 Å². The molecule has 1 atom stereocenters. The Morgan fingerprint density at radius 2 is 2.05 bits per heavy atom. The van der Waals surface area contributed by atoms with Gasteiger partial charge in [0.15, 0.2) is 0 Å². The first kappa shape index (κ1) is 15.3. The topological polar surface area (TPSA) is 29.9 Å². The van der Waals surface area contributed by atoms with Gasteiger partial charge >= 0.3 is 0 Å². The number of rotatable bonds is 6. The molecular formula is C16H22BrN3. The SMILES string of the molecule is CNCC(Cc1ccccc1Br)Cc1cc(C)nn1C. The summed E-state index contributed by atoms with van der Waals surface area (Å²) in [6.07, 6.45) is 2.10. The van der Waals surface area contributed by atoms with Crippen molar-refractivity contribution < 1.29 is 0 Å². The lowest BCUT2D eigenvalue weighted by Gasteiger charge is -2.17. The molecule has 1 aromatic heterocycles. The molecule has 1 unspecified atom stereocenters. The second kappa shape index (κ2) is 7.04. The van der Waals surface area contributed by atoms with Crippen LogP contribution in [0.1, 0.15) is 17.0 Å². The molecule has 0 saturated heterocycles. The number of aryl methyl sites for hydroxylation is 2. The Balaban J connectivity index is 2.11. The van der Waals surface area contributed by atoms with Gasteiger partial charge in [0.25, 0.3) is 0 Å². The second-order valence-electron chi connectivity index (χ2n) is 5.32. The van der Waals surface area contributed by atoms with Gasteiger partial charge in [0.1, 0.15) is 0 Å². The van der Waals surface area contributed by atoms with Crippen LogP contribution in [0.5, 0.6) is 0 Å². The molecule has 3 nitrogen and oxygen atoms in total. The van der Waals surface area contributed by atoms with Gasteiger partial charge in [0.2, 0.25) is 0 Å². The number of aromatic nitrogens is 2. The van der Waals surface area contributed by atoms with E-state index in [1.165, 1.54) is 15.7 Å². The van der Waals surface area contributed by atoms with Gasteiger partial charge < -0.3 is 5.32 Å². The van der Waals surface area contributed by atoms with Crippen molar-refractivity contribution in [2.24, 2.45) is 13.0 Å². The van der Waals surface area contributed by atoms with Gasteiger partial charge in [-0.3, -0.25) is 4.68 Å². The minimum Gasteiger partial charge on any atom is -0.319 e. The third-order valence-corrected chi connectivity index (χ3v) is 4.33. The number of halogens is 1. The molecule has 0 aliphatic heterocycles. The van der Waals surface area contributed by atoms with Crippen LogP contribution in [0, 0.1) is 12.8 Å². The van der Waals surface area contributed by atoms with Gasteiger partial charge in [0, 0.05) is 17.2 Å². The van der Waals surface area contributed by atoms with Gasteiger partial charge in [-0.1, -0.05) is 34.1 Å². The average molecular weight is 336 g/mol. The van der Waals surface area contributed by atoms with E-state index < -0.39 is 0 Å². The predicted octanol–water partition coefficient (Wildman–Crippen LogP) is 3.11. The molecule has 0 aliphatic rings. The molecule has 2 aromatic rings. The number of nitrogens with zero attached hydrogens (tertiary/aromatic N) is 2. The normalized spacial score (nSPS) is 12.6. The van der Waals surface area contributed by atoms with E-state index in [4.69, 9.17) is 0 Å². The average Bonchev–Trinajstić information content (AvgIpc) is 2.71. The highest BCUT2D eigenvalue weighted by Crippen LogP contribution is 2.21. The van der Waals surface area contributed by atoms with Crippen LogP contribution in [0.4, 0.5) is 0 Å². The van der Waals surface area contributed by atoms with E-state index in [9.17, 15) is 0 Å². The summed E-state index contributed by atoms with van der Waals surface area (Å²) in [5.74, 6) is 0.563. The minimum absolute atomic E-state index is 0.563. The van der Waals surface area contributed by atoms with Gasteiger partial charge in [-0.15, -0.1) is 0 Å². The van der Waals surface area contributed by atoms with E-state index in [1.54, 1.807) is 0 Å². The summed E-state index contributed by atoms with van der Waals surface area (Å²) in [7, 11) is 4.04. The first-order chi connectivity index (χ1) is 9.60. The zero-order valence-corrected chi connectivity index (χ0v) is 13.9. The molecule has 0 saturated carbocycles. The summed E-state index contributed by atoms with van der Waals surface area (Å²) in [6, 6.07) is 10.7. The molecule has 0 amide bonds. The van der Waals surface area contributed by atoms with E-state index in [1.807, 2.05) is 25.7 Å². The summed E-state index contributed by atoms with van der Waals surface area (Å²) in [4.78, 5) is 0. The number of hydrogen-bond donors (Lipinski definition) is 1. The number of benzene rings is 1. The highest BCUT2D eigenvalue weighted by Gasteiger charge is 2.14. The van der Waals surface area contributed by atoms with Crippen LogP contribution >= 0.6 is 15.9 Å². The summed E-state index contributed by atoms with van der Waals surface area (Å²) >= 11 is 3.64. The third kappa shape index (κ3) is 3.93. The van der Waals surface area contributed by atoms with Gasteiger partial charge in [-0.2, -0.15) is 5.10 Å². The van der Waals surface area contributed by atoms with Crippen molar-refractivity contribution in [1.82, 2.24) is 15.1 Å². The molecule has 0 aliphatic carbocycles. The molecule has 0 spiro atoms. The Hall–Kier alpha value is -1.13. The van der Waals surface area contributed by atoms with Crippen molar-refractivity contribution >= 4 is 15.9 Å². The van der Waals surface area contributed by atoms with Crippen LogP contribution in [0.2, 0.25) is 0 Å². The summed E-state index contributed by atoms with van der Waals surface area (Å²) in [5.41, 5.74) is 3.76. The van der Waals surface area contributed by atoms with Gasteiger partial charge in [-0.05, 0) is 57.0 Å². The van der Waals surface area contributed by atoms with E-state index in [0.29, 0.717) is 5.92 Å². The van der Waals surface area contributed by atoms with E-state index >= 15 is 0 Å². The maximum absolute atomic E-state index is 4.44. The lowest BCUT2D eigenvalue weighted by atomic mass is 9.94. The first-order valence-electron chi connectivity index (χ1n) is 6.97. The molecule has 1 heterocycles. The Labute approximate surface area is 129 Å². The van der Waals surface area contributed by atoms with Crippen molar-refractivity contribution in [3.05, 3.63) is 51.8 Å². The van der Waals surface area contributed by atoms with Crippen LogP contribution in [0.25, 0.3) is 0 Å². The predicted molar refractivity (Wildman–Crippen MR) is 86.9 cm³/mol. The Morgan fingerprint density at radius 1 is 1.30 bits per heavy atom. The Morgan fingerprint density at radius 3 is 2.65 bits per heavy atom. The van der Waals surface area contributed by atoms with E-state index in [0.717, 1.165) is 25.1 Å². The van der Waals surface area contributed by atoms with Crippen molar-refractivity contribution in [3.63, 3.8) is 0 Å². The minimum atomic E-state index is 0.563. The largest absolute Gasteiger partial charge is 0.319 e. The fourth-order valence-electron chi connectivity index (χ4n) is 2.63. The summed E-state index contributed by atoms with van der Waals surface area (Å²) in [6.45, 7) is 3.05. The highest BCUT2D eigenvalue weighted by molar-refractivity contribution is 9.10. The standard InChI is InChI=1S/C16H22BrN3/c1-12-8-15(20(3)19-12)10-13(11-18-2)9-14-6-4-5-7-16(14)17/h4-8,13,18H,9-11H2,1-3H3. The Bertz CT molecular complexity index is 563. The van der Waals surface area contributed by atoms with Crippen molar-refractivity contribution in [2.75, 3.05) is 13.6 Å². The molecule has 1 N–H and O–H groups in total. The molecule has 0 bridgehead atoms. The molecule has 2 rings (SSSR count). The van der Waals surface area contributed by atoms with Crippen LogP contribution < -0.4 is 5.32 Å². The zero-order valence-electron chi connectivity index (χ0n) is 12.4. The van der Waals surface area contributed by atoms with Crippen LogP contribution in [0.3, 0.4) is 0 Å². The number of hydrogen-bond acceptors (Lipinski definition) is 2. The number of nitrogens with one attached hydrogen (secondary N) is 1. The van der Waals surface area contributed by atoms with E-state index in [-0.39, 0.29) is 0 Å². The zero-order chi connectivity index (χ0) is 14.5. The summed E-state index contributed by atoms with van der Waals surface area (Å²) in [5, 5.41) is 7.74. The quantitative estimate of drug-likeness (QED) is 0.878. The second-order valence-corrected chi connectivity index (χ2v) is 6.18. The van der Waals surface area contributed by atoms with E-state index in [2.05, 4.69) is 56.7 Å². The lowest BCUT2D eigenvalue weighted by Crippen LogP contribution is -2.23. The molecule has 20 heavy (non-hydrogen) atoms. The molecule has 0 fully saturated rings. The molecule has 1 aromatic carbocycles. The smallest absolute Gasteiger partial charge is 0.0596 e. The maximum atomic E-state index is 4.44. The van der Waals surface area contributed by atoms with Crippen molar-refractivity contribution in [3.8, 4) is 0 Å². The van der Waals surface area contributed by atoms with Gasteiger partial charge in [0.05, 0.1) is 5.69 Å². The monoisotopic (exact) mass is 335 g/mol. The molecule has 0 radical (unpaired) electrons. The Kier molecular flexibility index (Phi) is 5.38. The van der Waals surface area contributed by atoms with Crippen molar-refractivity contribution in [1.29, 1.82) is 0 Å². The van der Waals surface area contributed by atoms with Crippen molar-refractivity contribution in [2.45, 2.75) is 19.8 Å². The maximum Gasteiger partial charge on any atom is 0.0596 e. The fourth-order valence-corrected chi connectivity index (χ4v) is 3.08. The first-order valence-corrected chi connectivity index (χ1v) is 7.77. The molecule has 4 heteroatoms. The third-order valence-electron chi connectivity index (χ3n) is 3.56. The lowest BCUT2D eigenvalue weighted by molar-refractivity contribution is 0.476. The fraction of sp³-hybridized carbons (Fsp3) is 0.438.